The van der Waals surface area contributed by atoms with Crippen LogP contribution < -0.4 is 15.4 Å². The van der Waals surface area contributed by atoms with Gasteiger partial charge in [-0.05, 0) is 30.4 Å². The fourth-order valence-electron chi connectivity index (χ4n) is 2.62. The van der Waals surface area contributed by atoms with Gasteiger partial charge in [0.15, 0.2) is 5.11 Å². The summed E-state index contributed by atoms with van der Waals surface area (Å²) in [7, 11) is 0. The third-order valence-corrected chi connectivity index (χ3v) is 4.10. The molecule has 8 heteroatoms. The molecule has 0 aliphatic carbocycles. The quantitative estimate of drug-likeness (QED) is 0.792. The molecule has 21 heavy (non-hydrogen) atoms. The molecule has 6 nitrogen and oxygen atoms in total. The second kappa shape index (κ2) is 5.12. The van der Waals surface area contributed by atoms with Crippen LogP contribution in [0.4, 0.5) is 5.69 Å². The van der Waals surface area contributed by atoms with Gasteiger partial charge in [-0.2, -0.15) is 0 Å². The molecule has 3 rings (SSSR count). The number of thiocarbonyl (C=S) groups is 2. The van der Waals surface area contributed by atoms with Crippen molar-refractivity contribution in [3.63, 3.8) is 0 Å². The monoisotopic (exact) mass is 323 g/mol. The van der Waals surface area contributed by atoms with Crippen LogP contribution in [0.1, 0.15) is 10.4 Å². The zero-order chi connectivity index (χ0) is 15.1. The second-order valence-corrected chi connectivity index (χ2v) is 5.84. The molecule has 2 aliphatic rings. The number of benzene rings is 1. The summed E-state index contributed by atoms with van der Waals surface area (Å²) in [6.45, 7) is 1.56. The molecule has 0 radical (unpaired) electrons. The van der Waals surface area contributed by atoms with Crippen LogP contribution in [0.15, 0.2) is 18.2 Å². The van der Waals surface area contributed by atoms with Gasteiger partial charge in [-0.25, -0.2) is 4.79 Å². The van der Waals surface area contributed by atoms with Crippen molar-refractivity contribution >= 4 is 46.2 Å². The minimum atomic E-state index is -0.981. The summed E-state index contributed by atoms with van der Waals surface area (Å²) in [4.78, 5) is 15.3. The van der Waals surface area contributed by atoms with Crippen molar-refractivity contribution in [1.82, 2.24) is 4.90 Å². The number of carbonyl (C=O) groups is 1. The van der Waals surface area contributed by atoms with Gasteiger partial charge in [0.25, 0.3) is 0 Å². The maximum absolute atomic E-state index is 11.1. The molecule has 0 amide bonds. The smallest absolute Gasteiger partial charge is 0.335 e. The van der Waals surface area contributed by atoms with Gasteiger partial charge in [0.1, 0.15) is 12.4 Å². The first kappa shape index (κ1) is 14.0. The number of nitrogens with zero attached hydrogens (tertiary/aromatic N) is 2. The number of carboxylic acids is 1. The molecule has 0 saturated carbocycles. The van der Waals surface area contributed by atoms with Crippen LogP contribution in [0.3, 0.4) is 0 Å². The zero-order valence-electron chi connectivity index (χ0n) is 11.0. The highest BCUT2D eigenvalue weighted by molar-refractivity contribution is 7.80. The Morgan fingerprint density at radius 2 is 2.29 bits per heavy atom. The molecule has 1 atom stereocenters. The highest BCUT2D eigenvalue weighted by Gasteiger charge is 2.40. The topological polar surface area (TPSA) is 79.0 Å². The van der Waals surface area contributed by atoms with Crippen LogP contribution in [0, 0.1) is 0 Å². The number of carboxylic acid groups (broad SMARTS) is 1. The van der Waals surface area contributed by atoms with Gasteiger partial charge in [-0.15, -0.1) is 0 Å². The largest absolute Gasteiger partial charge is 0.489 e. The number of rotatable bonds is 3. The third-order valence-electron chi connectivity index (χ3n) is 3.52. The van der Waals surface area contributed by atoms with E-state index in [-0.39, 0.29) is 11.6 Å². The first-order valence-corrected chi connectivity index (χ1v) is 7.15. The molecule has 2 aliphatic heterocycles. The second-order valence-electron chi connectivity index (χ2n) is 4.95. The summed E-state index contributed by atoms with van der Waals surface area (Å²) in [6, 6.07) is 4.81. The summed E-state index contributed by atoms with van der Waals surface area (Å²) in [5, 5.41) is 9.72. The van der Waals surface area contributed by atoms with Crippen molar-refractivity contribution in [1.29, 1.82) is 0 Å². The normalized spacial score (nSPS) is 19.8. The lowest BCUT2D eigenvalue weighted by atomic mass is 10.1. The molecule has 0 spiro atoms. The molecule has 1 fully saturated rings. The Hall–Kier alpha value is -1.93. The number of ether oxygens (including phenoxy) is 1. The average molecular weight is 323 g/mol. The summed E-state index contributed by atoms with van der Waals surface area (Å²) < 4.78 is 5.69. The molecule has 1 saturated heterocycles. The van der Waals surface area contributed by atoms with Crippen molar-refractivity contribution in [2.75, 3.05) is 24.6 Å². The molecule has 110 valence electrons. The number of aromatic carboxylic acids is 1. The van der Waals surface area contributed by atoms with Gasteiger partial charge < -0.3 is 25.4 Å². The number of nitrogens with two attached hydrogens (primary N) is 1. The van der Waals surface area contributed by atoms with Crippen molar-refractivity contribution in [2.45, 2.75) is 6.04 Å². The van der Waals surface area contributed by atoms with Crippen molar-refractivity contribution in [3.8, 4) is 5.75 Å². The fourth-order valence-corrected chi connectivity index (χ4v) is 3.16. The van der Waals surface area contributed by atoms with E-state index in [4.69, 9.17) is 40.0 Å². The third kappa shape index (κ3) is 2.40. The molecule has 3 N–H and O–H groups in total. The summed E-state index contributed by atoms with van der Waals surface area (Å²) in [5.74, 6) is -0.346. The van der Waals surface area contributed by atoms with Crippen LogP contribution in [-0.2, 0) is 0 Å². The van der Waals surface area contributed by atoms with Gasteiger partial charge in [-0.3, -0.25) is 0 Å². The Labute approximate surface area is 132 Å². The van der Waals surface area contributed by atoms with Crippen LogP contribution >= 0.6 is 24.4 Å². The standard InChI is InChI=1S/C13H13N3O3S2/c14-11(20)5-15-4-8-6-19-10-2-1-7(12(17)18)3-9(10)16(8)13(15)21/h1-3,8H,4-6H2,(H2,14,20)(H,17,18). The minimum absolute atomic E-state index is 0.0448. The van der Waals surface area contributed by atoms with Crippen molar-refractivity contribution in [2.24, 2.45) is 5.73 Å². The zero-order valence-corrected chi connectivity index (χ0v) is 12.6. The van der Waals surface area contributed by atoms with Crippen molar-refractivity contribution < 1.29 is 14.6 Å². The predicted octanol–water partition coefficient (Wildman–Crippen LogP) is 0.839. The maximum atomic E-state index is 11.1. The van der Waals surface area contributed by atoms with Gasteiger partial charge in [0.2, 0.25) is 0 Å². The van der Waals surface area contributed by atoms with Crippen LogP contribution in [0.2, 0.25) is 0 Å². The molecule has 2 heterocycles. The highest BCUT2D eigenvalue weighted by atomic mass is 32.1. The first-order valence-electron chi connectivity index (χ1n) is 6.34. The lowest BCUT2D eigenvalue weighted by Crippen LogP contribution is -2.42. The van der Waals surface area contributed by atoms with E-state index < -0.39 is 5.97 Å². The van der Waals surface area contributed by atoms with E-state index in [1.807, 2.05) is 9.80 Å². The number of anilines is 1. The Morgan fingerprint density at radius 3 is 2.95 bits per heavy atom. The molecular weight excluding hydrogens is 310 g/mol. The molecule has 1 aromatic rings. The number of hydrogen-bond acceptors (Lipinski definition) is 4. The summed E-state index contributed by atoms with van der Waals surface area (Å²) in [6.07, 6.45) is 0. The average Bonchev–Trinajstić information content (AvgIpc) is 2.74. The predicted molar refractivity (Wildman–Crippen MR) is 86.1 cm³/mol. The van der Waals surface area contributed by atoms with Crippen LogP contribution in [-0.4, -0.2) is 51.8 Å². The number of fused-ring (bicyclic) bond motifs is 3. The van der Waals surface area contributed by atoms with Gasteiger partial charge >= 0.3 is 5.97 Å². The Bertz CT molecular complexity index is 650. The van der Waals surface area contributed by atoms with Gasteiger partial charge in [0.05, 0.1) is 28.8 Å². The Kier molecular flexibility index (Phi) is 3.42. The first-order chi connectivity index (χ1) is 9.97. The lowest BCUT2D eigenvalue weighted by Gasteiger charge is -2.32. The highest BCUT2D eigenvalue weighted by Crippen LogP contribution is 2.38. The molecule has 0 aromatic heterocycles. The Balaban J connectivity index is 1.97. The van der Waals surface area contributed by atoms with E-state index in [1.165, 1.54) is 6.07 Å². The Morgan fingerprint density at radius 1 is 1.52 bits per heavy atom. The van der Waals surface area contributed by atoms with Gasteiger partial charge in [-0.1, -0.05) is 12.2 Å². The van der Waals surface area contributed by atoms with Crippen LogP contribution in [0.5, 0.6) is 5.75 Å². The fraction of sp³-hybridized carbons (Fsp3) is 0.308. The molecule has 0 bridgehead atoms. The van der Waals surface area contributed by atoms with E-state index in [2.05, 4.69) is 0 Å². The van der Waals surface area contributed by atoms with E-state index >= 15 is 0 Å². The summed E-state index contributed by atoms with van der Waals surface area (Å²) in [5.41, 5.74) is 6.47. The molecule has 1 unspecified atom stereocenters. The van der Waals surface area contributed by atoms with Crippen LogP contribution in [0.25, 0.3) is 0 Å². The van der Waals surface area contributed by atoms with Crippen molar-refractivity contribution in [3.05, 3.63) is 23.8 Å². The van der Waals surface area contributed by atoms with E-state index in [0.29, 0.717) is 41.2 Å². The SMILES string of the molecule is NC(=S)CN1CC2COc3ccc(C(=O)O)cc3N2C1=S. The minimum Gasteiger partial charge on any atom is -0.489 e. The van der Waals surface area contributed by atoms with E-state index in [1.54, 1.807) is 12.1 Å². The maximum Gasteiger partial charge on any atom is 0.335 e. The number of hydrogen-bond donors (Lipinski definition) is 2. The molecule has 1 aromatic carbocycles. The summed E-state index contributed by atoms with van der Waals surface area (Å²) >= 11 is 10.4. The van der Waals surface area contributed by atoms with Gasteiger partial charge in [0, 0.05) is 6.54 Å². The van der Waals surface area contributed by atoms with E-state index in [9.17, 15) is 4.79 Å². The molecular formula is C13H13N3O3S2. The lowest BCUT2D eigenvalue weighted by molar-refractivity contribution is 0.0697. The van der Waals surface area contributed by atoms with E-state index in [0.717, 1.165) is 0 Å².